The van der Waals surface area contributed by atoms with E-state index in [0.29, 0.717) is 12.2 Å². The lowest BCUT2D eigenvalue weighted by atomic mass is 9.94. The molecule has 2 aliphatic rings. The summed E-state index contributed by atoms with van der Waals surface area (Å²) < 4.78 is 0. The lowest BCUT2D eigenvalue weighted by molar-refractivity contribution is 0.0697. The van der Waals surface area contributed by atoms with E-state index in [1.807, 2.05) is 4.90 Å². The topological polar surface area (TPSA) is 77.7 Å². The Morgan fingerprint density at radius 3 is 3.00 bits per heavy atom. The number of amides is 1. The molecule has 0 spiro atoms. The second-order valence-electron chi connectivity index (χ2n) is 7.92. The van der Waals surface area contributed by atoms with Crippen LogP contribution in [0.4, 0.5) is 0 Å². The van der Waals surface area contributed by atoms with Gasteiger partial charge in [-0.2, -0.15) is 5.10 Å². The number of piperidine rings is 1. The van der Waals surface area contributed by atoms with E-state index in [9.17, 15) is 4.79 Å². The van der Waals surface area contributed by atoms with Gasteiger partial charge in [0.2, 0.25) is 0 Å². The van der Waals surface area contributed by atoms with Crippen LogP contribution in [0, 0.1) is 6.92 Å². The highest BCUT2D eigenvalue weighted by molar-refractivity contribution is 5.94. The van der Waals surface area contributed by atoms with Gasteiger partial charge >= 0.3 is 0 Å². The number of aryl methyl sites for hydroxylation is 2. The molecule has 1 atom stereocenters. The van der Waals surface area contributed by atoms with Crippen molar-refractivity contribution in [3.63, 3.8) is 0 Å². The molecule has 1 saturated heterocycles. The van der Waals surface area contributed by atoms with Crippen molar-refractivity contribution in [3.05, 3.63) is 46.5 Å². The number of aromatic amines is 2. The predicted octanol–water partition coefficient (Wildman–Crippen LogP) is 3.49. The van der Waals surface area contributed by atoms with Gasteiger partial charge in [0.1, 0.15) is 5.82 Å². The van der Waals surface area contributed by atoms with E-state index in [1.54, 1.807) is 0 Å². The van der Waals surface area contributed by atoms with Gasteiger partial charge in [-0.25, -0.2) is 4.98 Å². The number of para-hydroxylation sites is 1. The van der Waals surface area contributed by atoms with Crippen molar-refractivity contribution >= 4 is 16.9 Å². The molecule has 0 radical (unpaired) electrons. The number of likely N-dealkylation sites (tertiary alicyclic amines) is 1. The zero-order chi connectivity index (χ0) is 18.4. The minimum atomic E-state index is 0.0754. The largest absolute Gasteiger partial charge is 0.342 e. The van der Waals surface area contributed by atoms with Gasteiger partial charge in [0.25, 0.3) is 5.91 Å². The molecule has 5 rings (SSSR count). The standard InChI is InChI=1S/C21H25N5O/c1-13-6-4-10-17-18(13)23-20(22-17)14-7-5-11-26(12-14)21(27)19-15-8-2-3-9-16(15)24-25-19/h4,6,10,14H,2-3,5,7-9,11-12H2,1H3,(H,22,23)(H,24,25)/t14-/m0/s1. The minimum absolute atomic E-state index is 0.0754. The second kappa shape index (κ2) is 6.51. The SMILES string of the molecule is Cc1cccc2[nH]c([C@H]3CCCN(C(=O)c4n[nH]c5c4CCCC5)C3)nc12. The number of hydrogen-bond acceptors (Lipinski definition) is 3. The molecule has 1 fully saturated rings. The molecule has 0 bridgehead atoms. The smallest absolute Gasteiger partial charge is 0.274 e. The van der Waals surface area contributed by atoms with Gasteiger partial charge in [-0.1, -0.05) is 12.1 Å². The Morgan fingerprint density at radius 2 is 2.11 bits per heavy atom. The molecule has 1 amide bonds. The lowest BCUT2D eigenvalue weighted by Gasteiger charge is -2.31. The van der Waals surface area contributed by atoms with Crippen LogP contribution in [0.25, 0.3) is 11.0 Å². The zero-order valence-electron chi connectivity index (χ0n) is 15.7. The van der Waals surface area contributed by atoms with Gasteiger partial charge in [0.05, 0.1) is 11.0 Å². The molecule has 1 aromatic carbocycles. The van der Waals surface area contributed by atoms with Crippen LogP contribution < -0.4 is 0 Å². The maximum atomic E-state index is 13.1. The number of nitrogens with one attached hydrogen (secondary N) is 2. The van der Waals surface area contributed by atoms with Crippen LogP contribution in [-0.2, 0) is 12.8 Å². The molecule has 1 aliphatic heterocycles. The average molecular weight is 363 g/mol. The summed E-state index contributed by atoms with van der Waals surface area (Å²) in [4.78, 5) is 23.4. The van der Waals surface area contributed by atoms with Crippen LogP contribution >= 0.6 is 0 Å². The second-order valence-corrected chi connectivity index (χ2v) is 7.92. The summed E-state index contributed by atoms with van der Waals surface area (Å²) in [6, 6.07) is 6.21. The number of carbonyl (C=O) groups excluding carboxylic acids is 1. The Balaban J connectivity index is 1.39. The molecule has 0 unspecified atom stereocenters. The number of aromatic nitrogens is 4. The van der Waals surface area contributed by atoms with E-state index in [-0.39, 0.29) is 11.8 Å². The number of benzene rings is 1. The fourth-order valence-corrected chi connectivity index (χ4v) is 4.58. The third-order valence-electron chi connectivity index (χ3n) is 6.09. The summed E-state index contributed by atoms with van der Waals surface area (Å²) in [6.45, 7) is 3.60. The van der Waals surface area contributed by atoms with Crippen molar-refractivity contribution in [2.24, 2.45) is 0 Å². The highest BCUT2D eigenvalue weighted by Crippen LogP contribution is 2.29. The molecule has 6 nitrogen and oxygen atoms in total. The number of nitrogens with zero attached hydrogens (tertiary/aromatic N) is 3. The third kappa shape index (κ3) is 2.83. The first-order valence-electron chi connectivity index (χ1n) is 10.0. The van der Waals surface area contributed by atoms with E-state index < -0.39 is 0 Å². The number of H-pyrrole nitrogens is 2. The van der Waals surface area contributed by atoms with Gasteiger partial charge in [-0.15, -0.1) is 0 Å². The van der Waals surface area contributed by atoms with E-state index in [4.69, 9.17) is 4.98 Å². The molecular weight excluding hydrogens is 338 g/mol. The first-order valence-corrected chi connectivity index (χ1v) is 10.0. The van der Waals surface area contributed by atoms with E-state index >= 15 is 0 Å². The first kappa shape index (κ1) is 16.5. The summed E-state index contributed by atoms with van der Waals surface area (Å²) in [7, 11) is 0. The number of rotatable bonds is 2. The van der Waals surface area contributed by atoms with Crippen molar-refractivity contribution < 1.29 is 4.79 Å². The van der Waals surface area contributed by atoms with Crippen LogP contribution in [0.15, 0.2) is 18.2 Å². The quantitative estimate of drug-likeness (QED) is 0.731. The van der Waals surface area contributed by atoms with Crippen LogP contribution in [0.1, 0.15) is 64.7 Å². The summed E-state index contributed by atoms with van der Waals surface area (Å²) in [5.41, 5.74) is 6.25. The van der Waals surface area contributed by atoms with Gasteiger partial charge in [0, 0.05) is 30.3 Å². The molecule has 3 aromatic rings. The van der Waals surface area contributed by atoms with E-state index in [2.05, 4.69) is 40.3 Å². The fourth-order valence-electron chi connectivity index (χ4n) is 4.58. The van der Waals surface area contributed by atoms with Gasteiger partial charge in [-0.05, 0) is 57.1 Å². The summed E-state index contributed by atoms with van der Waals surface area (Å²) in [6.07, 6.45) is 6.36. The van der Waals surface area contributed by atoms with Crippen LogP contribution in [0.2, 0.25) is 0 Å². The monoisotopic (exact) mass is 363 g/mol. The Labute approximate surface area is 158 Å². The van der Waals surface area contributed by atoms with E-state index in [1.165, 1.54) is 12.0 Å². The predicted molar refractivity (Wildman–Crippen MR) is 104 cm³/mol. The lowest BCUT2D eigenvalue weighted by Crippen LogP contribution is -2.40. The molecule has 140 valence electrons. The van der Waals surface area contributed by atoms with Crippen molar-refractivity contribution in [1.29, 1.82) is 0 Å². The van der Waals surface area contributed by atoms with Gasteiger partial charge < -0.3 is 9.88 Å². The summed E-state index contributed by atoms with van der Waals surface area (Å²) in [5, 5.41) is 7.47. The molecule has 3 heterocycles. The normalized spacial score (nSPS) is 20.0. The number of fused-ring (bicyclic) bond motifs is 2. The highest BCUT2D eigenvalue weighted by Gasteiger charge is 2.31. The number of hydrogen-bond donors (Lipinski definition) is 2. The Hall–Kier alpha value is -2.63. The van der Waals surface area contributed by atoms with Crippen molar-refractivity contribution in [2.75, 3.05) is 13.1 Å². The number of carbonyl (C=O) groups is 1. The van der Waals surface area contributed by atoms with Gasteiger partial charge in [-0.3, -0.25) is 9.89 Å². The van der Waals surface area contributed by atoms with Crippen LogP contribution in [0.5, 0.6) is 0 Å². The highest BCUT2D eigenvalue weighted by atomic mass is 16.2. The third-order valence-corrected chi connectivity index (χ3v) is 6.09. The minimum Gasteiger partial charge on any atom is -0.342 e. The molecule has 2 aromatic heterocycles. The average Bonchev–Trinajstić information content (AvgIpc) is 3.33. The molecule has 1 aliphatic carbocycles. The van der Waals surface area contributed by atoms with Crippen molar-refractivity contribution in [2.45, 2.75) is 51.4 Å². The van der Waals surface area contributed by atoms with Crippen molar-refractivity contribution in [3.8, 4) is 0 Å². The van der Waals surface area contributed by atoms with Crippen molar-refractivity contribution in [1.82, 2.24) is 25.1 Å². The molecule has 0 saturated carbocycles. The first-order chi connectivity index (χ1) is 13.2. The molecular formula is C21H25N5O. The number of imidazole rings is 1. The Morgan fingerprint density at radius 1 is 1.22 bits per heavy atom. The summed E-state index contributed by atoms with van der Waals surface area (Å²) >= 11 is 0. The molecule has 2 N–H and O–H groups in total. The molecule has 27 heavy (non-hydrogen) atoms. The maximum Gasteiger partial charge on any atom is 0.274 e. The van der Waals surface area contributed by atoms with Crippen LogP contribution in [0.3, 0.4) is 0 Å². The summed E-state index contributed by atoms with van der Waals surface area (Å²) in [5.74, 6) is 1.33. The Bertz CT molecular complexity index is 1000. The van der Waals surface area contributed by atoms with Crippen LogP contribution in [-0.4, -0.2) is 44.1 Å². The molecule has 6 heteroatoms. The van der Waals surface area contributed by atoms with Gasteiger partial charge in [0.15, 0.2) is 5.69 Å². The maximum absolute atomic E-state index is 13.1. The zero-order valence-corrected chi connectivity index (χ0v) is 15.7. The Kier molecular flexibility index (Phi) is 3.99. The van der Waals surface area contributed by atoms with E-state index in [0.717, 1.165) is 66.8 Å². The fraction of sp³-hybridized carbons (Fsp3) is 0.476.